The Morgan fingerprint density at radius 3 is 2.88 bits per heavy atom. The summed E-state index contributed by atoms with van der Waals surface area (Å²) < 4.78 is 44.9. The summed E-state index contributed by atoms with van der Waals surface area (Å²) in [6.45, 7) is 1.97. The average molecular weight is 388 g/mol. The van der Waals surface area contributed by atoms with E-state index in [-0.39, 0.29) is 16.8 Å². The van der Waals surface area contributed by atoms with E-state index in [1.165, 1.54) is 18.2 Å². The van der Waals surface area contributed by atoms with E-state index < -0.39 is 6.36 Å². The average Bonchev–Trinajstić information content (AvgIpc) is 3.11. The van der Waals surface area contributed by atoms with E-state index in [2.05, 4.69) is 24.6 Å². The SMILES string of the molecule is CCCc1nnsc1C(=O)Nc1nc2ccc(OC(F)(F)F)cc2s1. The molecule has 1 aromatic carbocycles. The van der Waals surface area contributed by atoms with Crippen LogP contribution in [-0.2, 0) is 6.42 Å². The molecule has 6 nitrogen and oxygen atoms in total. The molecule has 0 atom stereocenters. The molecule has 3 aromatic rings. The lowest BCUT2D eigenvalue weighted by molar-refractivity contribution is -0.274. The number of halogens is 3. The van der Waals surface area contributed by atoms with Crippen LogP contribution in [0.2, 0.25) is 0 Å². The van der Waals surface area contributed by atoms with Crippen molar-refractivity contribution in [3.63, 3.8) is 0 Å². The van der Waals surface area contributed by atoms with Crippen molar-refractivity contribution in [3.8, 4) is 5.75 Å². The minimum Gasteiger partial charge on any atom is -0.406 e. The Labute approximate surface area is 147 Å². The highest BCUT2D eigenvalue weighted by molar-refractivity contribution is 7.22. The quantitative estimate of drug-likeness (QED) is 0.707. The highest BCUT2D eigenvalue weighted by atomic mass is 32.1. The van der Waals surface area contributed by atoms with E-state index in [1.54, 1.807) is 0 Å². The van der Waals surface area contributed by atoms with Crippen LogP contribution in [0.15, 0.2) is 18.2 Å². The molecule has 0 fully saturated rings. The zero-order valence-corrected chi connectivity index (χ0v) is 14.4. The Morgan fingerprint density at radius 1 is 1.36 bits per heavy atom. The molecule has 11 heteroatoms. The van der Waals surface area contributed by atoms with Crippen LogP contribution in [0.3, 0.4) is 0 Å². The van der Waals surface area contributed by atoms with Crippen molar-refractivity contribution in [2.45, 2.75) is 26.1 Å². The predicted molar refractivity (Wildman–Crippen MR) is 88.2 cm³/mol. The fraction of sp³-hybridized carbons (Fsp3) is 0.286. The number of thiazole rings is 1. The minimum atomic E-state index is -4.76. The third kappa shape index (κ3) is 4.23. The Kier molecular flexibility index (Phi) is 4.86. The standard InChI is InChI=1S/C14H11F3N4O2S2/c1-2-3-9-11(25-21-20-9)12(22)19-13-18-8-5-4-7(6-10(8)24-13)23-14(15,16)17/h4-6H,2-3H2,1H3,(H,18,19,22). The zero-order valence-electron chi connectivity index (χ0n) is 12.8. The molecule has 1 N–H and O–H groups in total. The molecule has 0 unspecified atom stereocenters. The van der Waals surface area contributed by atoms with Gasteiger partial charge in [0, 0.05) is 6.07 Å². The number of nitrogens with one attached hydrogen (secondary N) is 1. The van der Waals surface area contributed by atoms with Gasteiger partial charge in [-0.3, -0.25) is 10.1 Å². The first-order valence-electron chi connectivity index (χ1n) is 7.14. The van der Waals surface area contributed by atoms with Crippen molar-refractivity contribution in [1.29, 1.82) is 0 Å². The number of ether oxygens (including phenoxy) is 1. The fourth-order valence-corrected chi connectivity index (χ4v) is 3.58. The summed E-state index contributed by atoms with van der Waals surface area (Å²) in [5, 5.41) is 6.84. The molecule has 0 bridgehead atoms. The second kappa shape index (κ2) is 6.92. The van der Waals surface area contributed by atoms with Gasteiger partial charge in [0.15, 0.2) is 5.13 Å². The Balaban J connectivity index is 1.79. The molecule has 132 valence electrons. The molecule has 2 heterocycles. The van der Waals surface area contributed by atoms with Crippen molar-refractivity contribution in [2.75, 3.05) is 5.32 Å². The molecule has 2 aromatic heterocycles. The highest BCUT2D eigenvalue weighted by Crippen LogP contribution is 2.32. The summed E-state index contributed by atoms with van der Waals surface area (Å²) in [6.07, 6.45) is -3.30. The number of aromatic nitrogens is 3. The molecule has 0 saturated carbocycles. The van der Waals surface area contributed by atoms with E-state index in [4.69, 9.17) is 0 Å². The molecule has 0 saturated heterocycles. The van der Waals surface area contributed by atoms with Crippen LogP contribution in [0.5, 0.6) is 5.75 Å². The van der Waals surface area contributed by atoms with Gasteiger partial charge in [-0.05, 0) is 30.1 Å². The predicted octanol–water partition coefficient (Wildman–Crippen LogP) is 4.25. The second-order valence-corrected chi connectivity index (χ2v) is 6.73. The minimum absolute atomic E-state index is 0.278. The van der Waals surface area contributed by atoms with Crippen LogP contribution in [0, 0.1) is 0 Å². The van der Waals surface area contributed by atoms with Gasteiger partial charge in [-0.25, -0.2) is 4.98 Å². The maximum Gasteiger partial charge on any atom is 0.573 e. The van der Waals surface area contributed by atoms with Crippen LogP contribution in [0.4, 0.5) is 18.3 Å². The summed E-state index contributed by atoms with van der Waals surface area (Å²) in [6, 6.07) is 3.81. The molecule has 0 aliphatic rings. The second-order valence-electron chi connectivity index (χ2n) is 4.95. The van der Waals surface area contributed by atoms with Gasteiger partial charge in [-0.2, -0.15) is 0 Å². The molecule has 0 aliphatic heterocycles. The molecule has 0 spiro atoms. The number of alkyl halides is 3. The van der Waals surface area contributed by atoms with Gasteiger partial charge in [0.25, 0.3) is 5.91 Å². The summed E-state index contributed by atoms with van der Waals surface area (Å²) in [5.41, 5.74) is 1.08. The molecule has 25 heavy (non-hydrogen) atoms. The summed E-state index contributed by atoms with van der Waals surface area (Å²) in [5.74, 6) is -0.720. The van der Waals surface area contributed by atoms with Gasteiger partial charge >= 0.3 is 6.36 Å². The number of hydrogen-bond donors (Lipinski definition) is 1. The van der Waals surface area contributed by atoms with Crippen molar-refractivity contribution >= 4 is 44.1 Å². The van der Waals surface area contributed by atoms with Gasteiger partial charge < -0.3 is 4.74 Å². The van der Waals surface area contributed by atoms with Crippen molar-refractivity contribution in [1.82, 2.24) is 14.6 Å². The number of hydrogen-bond acceptors (Lipinski definition) is 7. The number of carbonyl (C=O) groups is 1. The number of carbonyl (C=O) groups excluding carboxylic acids is 1. The van der Waals surface area contributed by atoms with Gasteiger partial charge in [-0.15, -0.1) is 18.3 Å². The Hall–Kier alpha value is -2.27. The van der Waals surface area contributed by atoms with Gasteiger partial charge in [0.1, 0.15) is 10.6 Å². The largest absolute Gasteiger partial charge is 0.573 e. The first kappa shape index (κ1) is 17.5. The lowest BCUT2D eigenvalue weighted by Crippen LogP contribution is -2.16. The number of aryl methyl sites for hydroxylation is 1. The summed E-state index contributed by atoms with van der Waals surface area (Å²) in [7, 11) is 0. The van der Waals surface area contributed by atoms with Crippen LogP contribution in [0.1, 0.15) is 28.7 Å². The zero-order chi connectivity index (χ0) is 18.0. The fourth-order valence-electron chi connectivity index (χ4n) is 2.09. The van der Waals surface area contributed by atoms with Crippen LogP contribution in [-0.4, -0.2) is 26.8 Å². The van der Waals surface area contributed by atoms with Gasteiger partial charge in [-0.1, -0.05) is 29.2 Å². The van der Waals surface area contributed by atoms with Crippen LogP contribution >= 0.6 is 22.9 Å². The number of benzene rings is 1. The number of amides is 1. The van der Waals surface area contributed by atoms with Crippen molar-refractivity contribution in [2.24, 2.45) is 0 Å². The molecule has 0 radical (unpaired) electrons. The molecule has 1 amide bonds. The van der Waals surface area contributed by atoms with Gasteiger partial charge in [0.05, 0.1) is 15.9 Å². The number of fused-ring (bicyclic) bond motifs is 1. The van der Waals surface area contributed by atoms with Crippen molar-refractivity contribution in [3.05, 3.63) is 28.8 Å². The third-order valence-corrected chi connectivity index (χ3v) is 4.76. The monoisotopic (exact) mass is 388 g/mol. The van der Waals surface area contributed by atoms with Crippen molar-refractivity contribution < 1.29 is 22.7 Å². The van der Waals surface area contributed by atoms with E-state index in [0.717, 1.165) is 29.3 Å². The van der Waals surface area contributed by atoms with Gasteiger partial charge in [0.2, 0.25) is 0 Å². The Morgan fingerprint density at radius 2 is 2.16 bits per heavy atom. The maximum atomic E-state index is 12.3. The molecule has 3 rings (SSSR count). The smallest absolute Gasteiger partial charge is 0.406 e. The highest BCUT2D eigenvalue weighted by Gasteiger charge is 2.31. The van der Waals surface area contributed by atoms with E-state index >= 15 is 0 Å². The van der Waals surface area contributed by atoms with Crippen LogP contribution < -0.4 is 10.1 Å². The first-order chi connectivity index (χ1) is 11.9. The van der Waals surface area contributed by atoms with Crippen LogP contribution in [0.25, 0.3) is 10.2 Å². The van der Waals surface area contributed by atoms with E-state index in [0.29, 0.717) is 27.2 Å². The number of rotatable bonds is 5. The molecular formula is C14H11F3N4O2S2. The molecular weight excluding hydrogens is 377 g/mol. The van der Waals surface area contributed by atoms with E-state index in [1.807, 2.05) is 6.92 Å². The molecule has 0 aliphatic carbocycles. The Bertz CT molecular complexity index is 907. The lowest BCUT2D eigenvalue weighted by Gasteiger charge is -2.07. The summed E-state index contributed by atoms with van der Waals surface area (Å²) in [4.78, 5) is 16.9. The lowest BCUT2D eigenvalue weighted by atomic mass is 10.2. The third-order valence-electron chi connectivity index (χ3n) is 3.06. The summed E-state index contributed by atoms with van der Waals surface area (Å²) >= 11 is 2.05. The van der Waals surface area contributed by atoms with E-state index in [9.17, 15) is 18.0 Å². The number of anilines is 1. The maximum absolute atomic E-state index is 12.3. The normalized spacial score (nSPS) is 11.7. The number of nitrogens with zero attached hydrogens (tertiary/aromatic N) is 3. The topological polar surface area (TPSA) is 77.0 Å². The first-order valence-corrected chi connectivity index (χ1v) is 8.73.